The van der Waals surface area contributed by atoms with Crippen LogP contribution in [-0.4, -0.2) is 4.57 Å². The Kier molecular flexibility index (Phi) is 6.39. The lowest BCUT2D eigenvalue weighted by Crippen LogP contribution is -2.12. The number of hydrogen-bond donors (Lipinski definition) is 0. The maximum absolute atomic E-state index is 2.49. The van der Waals surface area contributed by atoms with Gasteiger partial charge in [-0.15, -0.1) is 11.3 Å². The van der Waals surface area contributed by atoms with E-state index >= 15 is 0 Å². The number of para-hydroxylation sites is 3. The van der Waals surface area contributed by atoms with Crippen LogP contribution in [0.1, 0.15) is 0 Å². The number of benzene rings is 8. The highest BCUT2D eigenvalue weighted by atomic mass is 32.1. The van der Waals surface area contributed by atoms with Gasteiger partial charge in [0, 0.05) is 37.6 Å². The van der Waals surface area contributed by atoms with Gasteiger partial charge >= 0.3 is 0 Å². The van der Waals surface area contributed by atoms with Gasteiger partial charge in [0.1, 0.15) is 0 Å². The van der Waals surface area contributed by atoms with E-state index in [1.54, 1.807) is 0 Å². The second-order valence-electron chi connectivity index (χ2n) is 12.5. The van der Waals surface area contributed by atoms with Crippen molar-refractivity contribution in [1.29, 1.82) is 0 Å². The Bertz CT molecular complexity index is 2830. The second-order valence-corrected chi connectivity index (χ2v) is 13.6. The molecule has 0 aliphatic heterocycles. The van der Waals surface area contributed by atoms with E-state index in [-0.39, 0.29) is 0 Å². The first-order valence-corrected chi connectivity index (χ1v) is 17.5. The van der Waals surface area contributed by atoms with E-state index in [0.29, 0.717) is 0 Å². The first kappa shape index (κ1) is 27.9. The molecule has 0 spiro atoms. The Labute approximate surface area is 288 Å². The van der Waals surface area contributed by atoms with Crippen LogP contribution >= 0.6 is 11.3 Å². The molecule has 2 heterocycles. The fourth-order valence-corrected chi connectivity index (χ4v) is 8.92. The minimum Gasteiger partial charge on any atom is -0.307 e. The lowest BCUT2D eigenvalue weighted by molar-refractivity contribution is 1.17. The minimum absolute atomic E-state index is 1.12. The van der Waals surface area contributed by atoms with Gasteiger partial charge in [-0.1, -0.05) is 140 Å². The summed E-state index contributed by atoms with van der Waals surface area (Å²) in [7, 11) is 0. The van der Waals surface area contributed by atoms with Crippen LogP contribution in [0.4, 0.5) is 17.1 Å². The Morgan fingerprint density at radius 3 is 1.90 bits per heavy atom. The molecule has 0 aliphatic carbocycles. The van der Waals surface area contributed by atoms with Crippen LogP contribution in [0.3, 0.4) is 0 Å². The van der Waals surface area contributed by atoms with E-state index in [0.717, 1.165) is 17.1 Å². The Morgan fingerprint density at radius 2 is 1.04 bits per heavy atom. The molecule has 0 N–H and O–H groups in total. The zero-order valence-electron chi connectivity index (χ0n) is 26.6. The van der Waals surface area contributed by atoms with Gasteiger partial charge in [-0.25, -0.2) is 0 Å². The van der Waals surface area contributed by atoms with Crippen molar-refractivity contribution in [3.63, 3.8) is 0 Å². The van der Waals surface area contributed by atoms with Gasteiger partial charge in [0.15, 0.2) is 0 Å². The SMILES string of the molecule is c1ccc(-c2cccc(N(c3cccc4c3sc3c5ccccc5ccc43)c3cccc4c5ccccc5n(-c5ccccc5)c34)c2)cc1. The fourth-order valence-electron chi connectivity index (χ4n) is 7.58. The first-order chi connectivity index (χ1) is 24.3. The summed E-state index contributed by atoms with van der Waals surface area (Å²) in [4.78, 5) is 2.49. The van der Waals surface area contributed by atoms with Crippen molar-refractivity contribution in [1.82, 2.24) is 4.57 Å². The molecule has 0 saturated carbocycles. The summed E-state index contributed by atoms with van der Waals surface area (Å²) in [5.74, 6) is 0. The zero-order chi connectivity index (χ0) is 32.3. The number of hydrogen-bond acceptors (Lipinski definition) is 2. The molecule has 0 atom stereocenters. The number of anilines is 3. The van der Waals surface area contributed by atoms with Crippen LogP contribution in [0.15, 0.2) is 182 Å². The van der Waals surface area contributed by atoms with Crippen molar-refractivity contribution in [2.75, 3.05) is 4.90 Å². The highest BCUT2D eigenvalue weighted by Gasteiger charge is 2.24. The summed E-state index contributed by atoms with van der Waals surface area (Å²) in [5.41, 5.74) is 9.34. The molecular formula is C46H30N2S. The second kappa shape index (κ2) is 11.2. The molecule has 49 heavy (non-hydrogen) atoms. The van der Waals surface area contributed by atoms with Gasteiger partial charge in [-0.3, -0.25) is 0 Å². The zero-order valence-corrected chi connectivity index (χ0v) is 27.4. The molecule has 8 aromatic carbocycles. The van der Waals surface area contributed by atoms with E-state index in [1.807, 2.05) is 11.3 Å². The van der Waals surface area contributed by atoms with Gasteiger partial charge in [0.05, 0.1) is 27.1 Å². The predicted octanol–water partition coefficient (Wildman–Crippen LogP) is 13.4. The maximum Gasteiger partial charge on any atom is 0.0782 e. The summed E-state index contributed by atoms with van der Waals surface area (Å²) in [6.45, 7) is 0. The third-order valence-electron chi connectivity index (χ3n) is 9.75. The van der Waals surface area contributed by atoms with Crippen LogP contribution in [0.5, 0.6) is 0 Å². The van der Waals surface area contributed by atoms with Crippen molar-refractivity contribution in [3.8, 4) is 16.8 Å². The monoisotopic (exact) mass is 642 g/mol. The molecule has 0 saturated heterocycles. The standard InChI is InChI=1S/C46H30N2S/c1-3-14-31(15-4-1)33-17-11-20-35(30-33)47(43-27-13-24-39-40-29-28-32-16-7-8-21-36(32)45(40)49-46(39)43)42-26-12-23-38-37-22-9-10-25-41(37)48(44(38)42)34-18-5-2-6-19-34/h1-30H. The molecule has 0 fully saturated rings. The average molecular weight is 643 g/mol. The molecule has 0 unspecified atom stereocenters. The normalized spacial score (nSPS) is 11.7. The summed E-state index contributed by atoms with van der Waals surface area (Å²) in [6, 6.07) is 66.1. The number of fused-ring (bicyclic) bond motifs is 8. The molecule has 2 nitrogen and oxygen atoms in total. The van der Waals surface area contributed by atoms with Gasteiger partial charge in [-0.05, 0) is 64.4 Å². The van der Waals surface area contributed by atoms with Gasteiger partial charge < -0.3 is 9.47 Å². The smallest absolute Gasteiger partial charge is 0.0782 e. The van der Waals surface area contributed by atoms with Crippen molar-refractivity contribution in [2.24, 2.45) is 0 Å². The van der Waals surface area contributed by atoms with E-state index in [4.69, 9.17) is 0 Å². The maximum atomic E-state index is 2.49. The highest BCUT2D eigenvalue weighted by molar-refractivity contribution is 7.27. The van der Waals surface area contributed by atoms with Crippen molar-refractivity contribution >= 4 is 81.1 Å². The lowest BCUT2D eigenvalue weighted by atomic mass is 10.0. The Hall–Kier alpha value is -6.16. The third kappa shape index (κ3) is 4.40. The van der Waals surface area contributed by atoms with Gasteiger partial charge in [0.25, 0.3) is 0 Å². The first-order valence-electron chi connectivity index (χ1n) is 16.7. The van der Waals surface area contributed by atoms with Gasteiger partial charge in [-0.2, -0.15) is 0 Å². The van der Waals surface area contributed by atoms with Crippen LogP contribution in [0.25, 0.3) is 69.6 Å². The topological polar surface area (TPSA) is 8.17 Å². The molecule has 10 rings (SSSR count). The number of nitrogens with zero attached hydrogens (tertiary/aromatic N) is 2. The van der Waals surface area contributed by atoms with Gasteiger partial charge in [0.2, 0.25) is 0 Å². The molecule has 0 aliphatic rings. The molecule has 0 radical (unpaired) electrons. The number of rotatable bonds is 5. The Morgan fingerprint density at radius 1 is 0.408 bits per heavy atom. The quantitative estimate of drug-likeness (QED) is 0.181. The molecule has 3 heteroatoms. The lowest BCUT2D eigenvalue weighted by Gasteiger charge is -2.28. The fraction of sp³-hybridized carbons (Fsp3) is 0. The largest absolute Gasteiger partial charge is 0.307 e. The van der Waals surface area contributed by atoms with Crippen molar-refractivity contribution in [2.45, 2.75) is 0 Å². The number of thiophene rings is 1. The molecular weight excluding hydrogens is 613 g/mol. The summed E-state index contributed by atoms with van der Waals surface area (Å²) >= 11 is 1.90. The summed E-state index contributed by atoms with van der Waals surface area (Å²) < 4.78 is 5.04. The predicted molar refractivity (Wildman–Crippen MR) is 211 cm³/mol. The highest BCUT2D eigenvalue weighted by Crippen LogP contribution is 2.49. The van der Waals surface area contributed by atoms with E-state index in [2.05, 4.69) is 191 Å². The van der Waals surface area contributed by atoms with E-state index < -0.39 is 0 Å². The molecule has 10 aromatic rings. The van der Waals surface area contributed by atoms with Crippen LogP contribution in [0, 0.1) is 0 Å². The molecule has 0 amide bonds. The summed E-state index contributed by atoms with van der Waals surface area (Å²) in [6.07, 6.45) is 0. The van der Waals surface area contributed by atoms with E-state index in [9.17, 15) is 0 Å². The minimum atomic E-state index is 1.12. The van der Waals surface area contributed by atoms with E-state index in [1.165, 1.54) is 69.6 Å². The third-order valence-corrected chi connectivity index (χ3v) is 11.0. The molecule has 0 bridgehead atoms. The van der Waals surface area contributed by atoms with Crippen LogP contribution in [0.2, 0.25) is 0 Å². The molecule has 230 valence electrons. The van der Waals surface area contributed by atoms with Crippen molar-refractivity contribution in [3.05, 3.63) is 182 Å². The summed E-state index contributed by atoms with van der Waals surface area (Å²) in [5, 5.41) is 7.63. The Balaban J connectivity index is 1.33. The van der Waals surface area contributed by atoms with Crippen molar-refractivity contribution < 1.29 is 0 Å². The van der Waals surface area contributed by atoms with Crippen LogP contribution < -0.4 is 4.90 Å². The van der Waals surface area contributed by atoms with Crippen LogP contribution in [-0.2, 0) is 0 Å². The average Bonchev–Trinajstić information content (AvgIpc) is 3.73. The number of aromatic nitrogens is 1. The molecule has 2 aromatic heterocycles.